The van der Waals surface area contributed by atoms with Crippen LogP contribution in [0.5, 0.6) is 5.75 Å². The van der Waals surface area contributed by atoms with Gasteiger partial charge in [0.25, 0.3) is 0 Å². The van der Waals surface area contributed by atoms with E-state index >= 15 is 0 Å². The van der Waals surface area contributed by atoms with Crippen molar-refractivity contribution in [3.8, 4) is 5.75 Å². The van der Waals surface area contributed by atoms with Gasteiger partial charge < -0.3 is 5.11 Å². The molecule has 0 spiro atoms. The standard InChI is InChI=1S/C18H18O/c1-3-8-16-17(13-14-9-6-5-7-10-14)15(4-2)11-12-18(16)19/h3-7,9-12,19H,1-2,8,13H2. The Labute approximate surface area is 114 Å². The summed E-state index contributed by atoms with van der Waals surface area (Å²) in [5, 5.41) is 10.0. The van der Waals surface area contributed by atoms with Gasteiger partial charge >= 0.3 is 0 Å². The predicted octanol–water partition coefficient (Wildman–Crippen LogP) is 4.35. The summed E-state index contributed by atoms with van der Waals surface area (Å²) in [7, 11) is 0. The number of allylic oxidation sites excluding steroid dienone is 1. The molecule has 19 heavy (non-hydrogen) atoms. The fraction of sp³-hybridized carbons (Fsp3) is 0.111. The van der Waals surface area contributed by atoms with E-state index in [1.807, 2.05) is 36.4 Å². The summed E-state index contributed by atoms with van der Waals surface area (Å²) < 4.78 is 0. The number of phenolic OH excluding ortho intramolecular Hbond substituents is 1. The molecule has 1 nitrogen and oxygen atoms in total. The Balaban J connectivity index is 2.49. The molecule has 0 heterocycles. The van der Waals surface area contributed by atoms with Crippen LogP contribution in [0.3, 0.4) is 0 Å². The minimum atomic E-state index is 0.330. The number of aromatic hydroxyl groups is 1. The third-order valence-electron chi connectivity index (χ3n) is 3.23. The Morgan fingerprint density at radius 3 is 2.32 bits per heavy atom. The molecule has 0 saturated heterocycles. The Bertz CT molecular complexity index is 582. The number of phenols is 1. The molecule has 0 aromatic heterocycles. The zero-order valence-corrected chi connectivity index (χ0v) is 11.0. The summed E-state index contributed by atoms with van der Waals surface area (Å²) in [4.78, 5) is 0. The van der Waals surface area contributed by atoms with Crippen molar-refractivity contribution in [3.05, 3.63) is 84.0 Å². The van der Waals surface area contributed by atoms with Gasteiger partial charge in [-0.1, -0.05) is 55.1 Å². The molecule has 0 amide bonds. The highest BCUT2D eigenvalue weighted by atomic mass is 16.3. The van der Waals surface area contributed by atoms with Crippen molar-refractivity contribution in [2.24, 2.45) is 0 Å². The highest BCUT2D eigenvalue weighted by Gasteiger charge is 2.11. The summed E-state index contributed by atoms with van der Waals surface area (Å²) in [6, 6.07) is 13.9. The van der Waals surface area contributed by atoms with Crippen LogP contribution < -0.4 is 0 Å². The van der Waals surface area contributed by atoms with E-state index in [0.717, 1.165) is 23.1 Å². The fourth-order valence-corrected chi connectivity index (χ4v) is 2.27. The summed E-state index contributed by atoms with van der Waals surface area (Å²) in [5.41, 5.74) is 4.36. The predicted molar refractivity (Wildman–Crippen MR) is 81.3 cm³/mol. The van der Waals surface area contributed by atoms with E-state index < -0.39 is 0 Å². The van der Waals surface area contributed by atoms with Crippen molar-refractivity contribution < 1.29 is 5.11 Å². The molecule has 0 aliphatic heterocycles. The van der Waals surface area contributed by atoms with E-state index in [2.05, 4.69) is 25.3 Å². The minimum absolute atomic E-state index is 0.330. The number of benzene rings is 2. The lowest BCUT2D eigenvalue weighted by Gasteiger charge is -2.14. The van der Waals surface area contributed by atoms with Crippen molar-refractivity contribution in [1.29, 1.82) is 0 Å². The van der Waals surface area contributed by atoms with E-state index in [4.69, 9.17) is 0 Å². The number of hydrogen-bond donors (Lipinski definition) is 1. The average molecular weight is 250 g/mol. The molecule has 96 valence electrons. The van der Waals surface area contributed by atoms with Gasteiger partial charge in [-0.3, -0.25) is 0 Å². The lowest BCUT2D eigenvalue weighted by molar-refractivity contribution is 0.469. The highest BCUT2D eigenvalue weighted by Crippen LogP contribution is 2.28. The van der Waals surface area contributed by atoms with Crippen LogP contribution >= 0.6 is 0 Å². The Morgan fingerprint density at radius 2 is 1.68 bits per heavy atom. The molecule has 2 aromatic rings. The van der Waals surface area contributed by atoms with E-state index in [1.54, 1.807) is 6.07 Å². The van der Waals surface area contributed by atoms with Crippen molar-refractivity contribution in [1.82, 2.24) is 0 Å². The molecule has 0 atom stereocenters. The van der Waals surface area contributed by atoms with Crippen molar-refractivity contribution in [2.45, 2.75) is 12.8 Å². The first-order valence-corrected chi connectivity index (χ1v) is 6.37. The van der Waals surface area contributed by atoms with Gasteiger partial charge in [-0.25, -0.2) is 0 Å². The van der Waals surface area contributed by atoms with Crippen molar-refractivity contribution in [3.63, 3.8) is 0 Å². The molecule has 2 rings (SSSR count). The number of hydrogen-bond acceptors (Lipinski definition) is 1. The molecule has 0 aliphatic rings. The normalized spacial score (nSPS) is 10.1. The first kappa shape index (κ1) is 13.2. The van der Waals surface area contributed by atoms with Crippen LogP contribution in [-0.2, 0) is 12.8 Å². The van der Waals surface area contributed by atoms with Gasteiger partial charge in [-0.2, -0.15) is 0 Å². The summed E-state index contributed by atoms with van der Waals surface area (Å²) >= 11 is 0. The number of rotatable bonds is 5. The van der Waals surface area contributed by atoms with Crippen LogP contribution in [0.2, 0.25) is 0 Å². The van der Waals surface area contributed by atoms with E-state index in [9.17, 15) is 5.11 Å². The van der Waals surface area contributed by atoms with Gasteiger partial charge in [-0.05, 0) is 35.6 Å². The maximum Gasteiger partial charge on any atom is 0.119 e. The highest BCUT2D eigenvalue weighted by molar-refractivity contribution is 5.59. The summed E-state index contributed by atoms with van der Waals surface area (Å²) in [6.45, 7) is 7.62. The molecule has 1 N–H and O–H groups in total. The molecule has 0 unspecified atom stereocenters. The third-order valence-corrected chi connectivity index (χ3v) is 3.23. The van der Waals surface area contributed by atoms with Crippen LogP contribution in [-0.4, -0.2) is 5.11 Å². The zero-order valence-electron chi connectivity index (χ0n) is 11.0. The zero-order chi connectivity index (χ0) is 13.7. The Kier molecular flexibility index (Phi) is 4.19. The molecule has 1 heteroatoms. The Morgan fingerprint density at radius 1 is 0.947 bits per heavy atom. The monoisotopic (exact) mass is 250 g/mol. The second-order valence-corrected chi connectivity index (χ2v) is 4.49. The van der Waals surface area contributed by atoms with Gasteiger partial charge in [-0.15, -0.1) is 6.58 Å². The molecule has 0 aliphatic carbocycles. The molecular formula is C18H18O. The quantitative estimate of drug-likeness (QED) is 0.782. The summed E-state index contributed by atoms with van der Waals surface area (Å²) in [6.07, 6.45) is 5.11. The largest absolute Gasteiger partial charge is 0.508 e. The van der Waals surface area contributed by atoms with Crippen LogP contribution in [0.4, 0.5) is 0 Å². The lowest BCUT2D eigenvalue weighted by Crippen LogP contribution is -1.99. The first-order valence-electron chi connectivity index (χ1n) is 6.37. The fourth-order valence-electron chi connectivity index (χ4n) is 2.27. The third kappa shape index (κ3) is 2.94. The van der Waals surface area contributed by atoms with Crippen LogP contribution in [0.1, 0.15) is 22.3 Å². The molecule has 0 bridgehead atoms. The van der Waals surface area contributed by atoms with Gasteiger partial charge in [0.15, 0.2) is 0 Å². The maximum atomic E-state index is 10.0. The Hall–Kier alpha value is -2.28. The molecule has 0 fully saturated rings. The first-order chi connectivity index (χ1) is 9.26. The molecule has 0 radical (unpaired) electrons. The molecule has 2 aromatic carbocycles. The lowest BCUT2D eigenvalue weighted by atomic mass is 9.92. The van der Waals surface area contributed by atoms with E-state index in [-0.39, 0.29) is 0 Å². The van der Waals surface area contributed by atoms with Crippen LogP contribution in [0.25, 0.3) is 6.08 Å². The van der Waals surface area contributed by atoms with Crippen LogP contribution in [0, 0.1) is 0 Å². The van der Waals surface area contributed by atoms with Gasteiger partial charge in [0.2, 0.25) is 0 Å². The topological polar surface area (TPSA) is 20.2 Å². The average Bonchev–Trinajstić information content (AvgIpc) is 2.44. The van der Waals surface area contributed by atoms with Crippen molar-refractivity contribution >= 4 is 6.08 Å². The van der Waals surface area contributed by atoms with Crippen molar-refractivity contribution in [2.75, 3.05) is 0 Å². The minimum Gasteiger partial charge on any atom is -0.508 e. The molecular weight excluding hydrogens is 232 g/mol. The SMILES string of the molecule is C=CCc1c(O)ccc(C=C)c1Cc1ccccc1. The van der Waals surface area contributed by atoms with Crippen LogP contribution in [0.15, 0.2) is 61.7 Å². The van der Waals surface area contributed by atoms with Gasteiger partial charge in [0.1, 0.15) is 5.75 Å². The summed E-state index contributed by atoms with van der Waals surface area (Å²) in [5.74, 6) is 0.330. The van der Waals surface area contributed by atoms with E-state index in [1.165, 1.54) is 5.56 Å². The van der Waals surface area contributed by atoms with E-state index in [0.29, 0.717) is 12.2 Å². The maximum absolute atomic E-state index is 10.0. The second kappa shape index (κ2) is 6.05. The second-order valence-electron chi connectivity index (χ2n) is 4.49. The van der Waals surface area contributed by atoms with Gasteiger partial charge in [0, 0.05) is 5.56 Å². The smallest absolute Gasteiger partial charge is 0.119 e. The molecule has 0 saturated carbocycles. The van der Waals surface area contributed by atoms with Gasteiger partial charge in [0.05, 0.1) is 0 Å².